The molecule has 0 fully saturated rings. The Hall–Kier alpha value is -1.71. The number of nitrogens with one attached hydrogen (secondary N) is 1. The Morgan fingerprint density at radius 1 is 1.19 bits per heavy atom. The van der Waals surface area contributed by atoms with Gasteiger partial charge in [-0.15, -0.1) is 0 Å². The van der Waals surface area contributed by atoms with Crippen LogP contribution in [0.25, 0.3) is 0 Å². The second kappa shape index (κ2) is 5.58. The van der Waals surface area contributed by atoms with E-state index in [0.717, 1.165) is 30.6 Å². The van der Waals surface area contributed by atoms with Crippen LogP contribution < -0.4 is 5.32 Å². The Bertz CT molecular complexity index is 667. The summed E-state index contributed by atoms with van der Waals surface area (Å²) in [7, 11) is 0. The third kappa shape index (κ3) is 2.59. The molecule has 3 rings (SSSR count). The van der Waals surface area contributed by atoms with Crippen LogP contribution >= 0.6 is 11.6 Å². The molecule has 0 unspecified atom stereocenters. The fraction of sp³-hybridized carbons (Fsp3) is 0.294. The van der Waals surface area contributed by atoms with Crippen molar-refractivity contribution in [1.29, 1.82) is 0 Å². The Balaban J connectivity index is 2.14. The second-order valence-electron chi connectivity index (χ2n) is 5.54. The number of hydrogen-bond acceptors (Lipinski definition) is 3. The maximum Gasteiger partial charge on any atom is 0.176 e. The van der Waals surface area contributed by atoms with Crippen molar-refractivity contribution in [3.8, 4) is 11.5 Å². The first-order valence-corrected chi connectivity index (χ1v) is 7.46. The van der Waals surface area contributed by atoms with Crippen LogP contribution in [0.2, 0.25) is 5.02 Å². The highest BCUT2D eigenvalue weighted by Gasteiger charge is 2.25. The zero-order chi connectivity index (χ0) is 15.0. The highest BCUT2D eigenvalue weighted by Crippen LogP contribution is 2.42. The standard InChI is InChI=1S/C17H18ClNO2/c1-10-2-4-11(5-3-10)14-9-19-7-6-12-13(14)8-15(20)17(21)16(12)18/h2-5,8,14,19-21H,6-7,9H2,1H3/t14-/m0/s1. The molecule has 1 atom stereocenters. The summed E-state index contributed by atoms with van der Waals surface area (Å²) in [6, 6.07) is 10.0. The van der Waals surface area contributed by atoms with Crippen LogP contribution in [0.1, 0.15) is 28.2 Å². The lowest BCUT2D eigenvalue weighted by Gasteiger charge is -2.20. The molecular weight excluding hydrogens is 286 g/mol. The maximum atomic E-state index is 9.90. The molecule has 1 aliphatic heterocycles. The van der Waals surface area contributed by atoms with Crippen LogP contribution in [0.15, 0.2) is 30.3 Å². The average Bonchev–Trinajstić information content (AvgIpc) is 2.68. The summed E-state index contributed by atoms with van der Waals surface area (Å²) >= 11 is 6.23. The van der Waals surface area contributed by atoms with E-state index in [1.165, 1.54) is 11.1 Å². The topological polar surface area (TPSA) is 52.5 Å². The fourth-order valence-corrected chi connectivity index (χ4v) is 3.22. The molecule has 0 saturated carbocycles. The van der Waals surface area contributed by atoms with Crippen molar-refractivity contribution in [2.45, 2.75) is 19.3 Å². The number of benzene rings is 2. The summed E-state index contributed by atoms with van der Waals surface area (Å²) in [5.41, 5.74) is 4.30. The van der Waals surface area contributed by atoms with E-state index in [1.807, 2.05) is 0 Å². The van der Waals surface area contributed by atoms with E-state index in [1.54, 1.807) is 6.07 Å². The third-order valence-electron chi connectivity index (χ3n) is 4.11. The van der Waals surface area contributed by atoms with Gasteiger partial charge >= 0.3 is 0 Å². The number of aryl methyl sites for hydroxylation is 1. The largest absolute Gasteiger partial charge is 0.504 e. The molecule has 0 aromatic heterocycles. The first-order valence-electron chi connectivity index (χ1n) is 7.08. The summed E-state index contributed by atoms with van der Waals surface area (Å²) in [6.07, 6.45) is 0.740. The molecular formula is C17H18ClNO2. The van der Waals surface area contributed by atoms with Crippen LogP contribution in [0, 0.1) is 6.92 Å². The lowest BCUT2D eigenvalue weighted by Crippen LogP contribution is -2.20. The van der Waals surface area contributed by atoms with E-state index < -0.39 is 0 Å². The molecule has 0 saturated heterocycles. The van der Waals surface area contributed by atoms with Crippen molar-refractivity contribution in [2.24, 2.45) is 0 Å². The van der Waals surface area contributed by atoms with Crippen LogP contribution in [0.5, 0.6) is 11.5 Å². The SMILES string of the molecule is Cc1ccc([C@@H]2CNCCc3c2cc(O)c(O)c3Cl)cc1. The predicted molar refractivity (Wildman–Crippen MR) is 84.4 cm³/mol. The normalized spacial score (nSPS) is 18.1. The van der Waals surface area contributed by atoms with Gasteiger partial charge in [-0.1, -0.05) is 41.4 Å². The monoisotopic (exact) mass is 303 g/mol. The molecule has 0 spiro atoms. The predicted octanol–water partition coefficient (Wildman–Crippen LogP) is 3.34. The summed E-state index contributed by atoms with van der Waals surface area (Å²) in [5.74, 6) is -0.259. The minimum Gasteiger partial charge on any atom is -0.504 e. The molecule has 3 N–H and O–H groups in total. The van der Waals surface area contributed by atoms with Gasteiger partial charge in [-0.05, 0) is 42.6 Å². The van der Waals surface area contributed by atoms with E-state index in [4.69, 9.17) is 11.6 Å². The van der Waals surface area contributed by atoms with Crippen molar-refractivity contribution in [3.05, 3.63) is 57.6 Å². The number of phenols is 2. The Morgan fingerprint density at radius 2 is 1.90 bits per heavy atom. The number of halogens is 1. The molecule has 4 heteroatoms. The number of phenolic OH excluding ortho intramolecular Hbond substituents is 2. The Labute approximate surface area is 129 Å². The first-order chi connectivity index (χ1) is 10.1. The summed E-state index contributed by atoms with van der Waals surface area (Å²) < 4.78 is 0. The molecule has 3 nitrogen and oxygen atoms in total. The van der Waals surface area contributed by atoms with Gasteiger partial charge in [0.25, 0.3) is 0 Å². The van der Waals surface area contributed by atoms with E-state index in [2.05, 4.69) is 36.5 Å². The average molecular weight is 304 g/mol. The maximum absolute atomic E-state index is 9.90. The van der Waals surface area contributed by atoms with Gasteiger partial charge in [-0.3, -0.25) is 0 Å². The molecule has 1 heterocycles. The van der Waals surface area contributed by atoms with Gasteiger partial charge in [-0.2, -0.15) is 0 Å². The van der Waals surface area contributed by atoms with Crippen LogP contribution in [-0.2, 0) is 6.42 Å². The molecule has 0 bridgehead atoms. The summed E-state index contributed by atoms with van der Waals surface area (Å²) in [4.78, 5) is 0. The molecule has 1 aliphatic rings. The van der Waals surface area contributed by atoms with Gasteiger partial charge in [-0.25, -0.2) is 0 Å². The number of aromatic hydroxyl groups is 2. The number of hydrogen-bond donors (Lipinski definition) is 3. The van der Waals surface area contributed by atoms with Crippen LogP contribution in [0.4, 0.5) is 0 Å². The molecule has 0 radical (unpaired) electrons. The van der Waals surface area contributed by atoms with E-state index in [0.29, 0.717) is 0 Å². The number of fused-ring (bicyclic) bond motifs is 1. The number of rotatable bonds is 1. The van der Waals surface area contributed by atoms with E-state index in [-0.39, 0.29) is 22.4 Å². The van der Waals surface area contributed by atoms with Gasteiger partial charge < -0.3 is 15.5 Å². The smallest absolute Gasteiger partial charge is 0.176 e. The molecule has 2 aromatic carbocycles. The van der Waals surface area contributed by atoms with Gasteiger partial charge in [0.05, 0.1) is 5.02 Å². The van der Waals surface area contributed by atoms with Gasteiger partial charge in [0.15, 0.2) is 11.5 Å². The van der Waals surface area contributed by atoms with Crippen molar-refractivity contribution in [2.75, 3.05) is 13.1 Å². The van der Waals surface area contributed by atoms with Gasteiger partial charge in [0.1, 0.15) is 0 Å². The van der Waals surface area contributed by atoms with Crippen molar-refractivity contribution in [1.82, 2.24) is 5.32 Å². The zero-order valence-corrected chi connectivity index (χ0v) is 12.6. The molecule has 21 heavy (non-hydrogen) atoms. The zero-order valence-electron chi connectivity index (χ0n) is 11.9. The minimum absolute atomic E-state index is 0.118. The van der Waals surface area contributed by atoms with E-state index in [9.17, 15) is 10.2 Å². The second-order valence-corrected chi connectivity index (χ2v) is 5.92. The van der Waals surface area contributed by atoms with Crippen molar-refractivity contribution in [3.63, 3.8) is 0 Å². The van der Waals surface area contributed by atoms with Crippen LogP contribution in [0.3, 0.4) is 0 Å². The lowest BCUT2D eigenvalue weighted by molar-refractivity contribution is 0.402. The van der Waals surface area contributed by atoms with E-state index >= 15 is 0 Å². The summed E-state index contributed by atoms with van der Waals surface area (Å²) in [6.45, 7) is 3.65. The Kier molecular flexibility index (Phi) is 3.79. The molecule has 110 valence electrons. The van der Waals surface area contributed by atoms with Crippen LogP contribution in [-0.4, -0.2) is 23.3 Å². The minimum atomic E-state index is -0.222. The Morgan fingerprint density at radius 3 is 2.62 bits per heavy atom. The fourth-order valence-electron chi connectivity index (χ4n) is 2.92. The highest BCUT2D eigenvalue weighted by atomic mass is 35.5. The molecule has 0 amide bonds. The molecule has 2 aromatic rings. The van der Waals surface area contributed by atoms with Gasteiger partial charge in [0.2, 0.25) is 0 Å². The quantitative estimate of drug-likeness (QED) is 0.708. The molecule has 0 aliphatic carbocycles. The van der Waals surface area contributed by atoms with Gasteiger partial charge in [0, 0.05) is 12.5 Å². The highest BCUT2D eigenvalue weighted by molar-refractivity contribution is 6.33. The van der Waals surface area contributed by atoms with Crippen molar-refractivity contribution >= 4 is 11.6 Å². The summed E-state index contributed by atoms with van der Waals surface area (Å²) in [5, 5.41) is 23.4. The first kappa shape index (κ1) is 14.2. The third-order valence-corrected chi connectivity index (χ3v) is 4.52. The van der Waals surface area contributed by atoms with Crippen molar-refractivity contribution < 1.29 is 10.2 Å². The lowest BCUT2D eigenvalue weighted by atomic mass is 9.87.